The van der Waals surface area contributed by atoms with E-state index in [1.54, 1.807) is 10.8 Å². The molecule has 0 saturated carbocycles. The van der Waals surface area contributed by atoms with Crippen LogP contribution in [0.15, 0.2) is 12.3 Å². The van der Waals surface area contributed by atoms with Gasteiger partial charge in [0.2, 0.25) is 0 Å². The number of hydrogen-bond donors (Lipinski definition) is 1. The molecule has 4 atom stereocenters. The molecule has 1 aromatic heterocycles. The van der Waals surface area contributed by atoms with E-state index in [1.165, 1.54) is 6.07 Å². The fraction of sp³-hybridized carbons (Fsp3) is 0.684. The monoisotopic (exact) mass is 425 g/mol. The maximum atomic E-state index is 12.3. The van der Waals surface area contributed by atoms with E-state index in [4.69, 9.17) is 33.8 Å². The number of hydrogen-bond acceptors (Lipinski definition) is 10. The van der Waals surface area contributed by atoms with Crippen LogP contribution in [0.5, 0.6) is 6.01 Å². The van der Waals surface area contributed by atoms with Gasteiger partial charge in [-0.05, 0) is 19.9 Å². The second-order valence-corrected chi connectivity index (χ2v) is 6.68. The molecule has 11 heteroatoms. The van der Waals surface area contributed by atoms with Gasteiger partial charge in [0.05, 0.1) is 26.1 Å². The molecule has 166 valence electrons. The second-order valence-electron chi connectivity index (χ2n) is 6.68. The number of carbonyl (C=O) groups excluding carboxylic acids is 2. The van der Waals surface area contributed by atoms with Crippen molar-refractivity contribution in [2.24, 2.45) is 0 Å². The molecule has 1 fully saturated rings. The van der Waals surface area contributed by atoms with Crippen molar-refractivity contribution in [1.29, 1.82) is 5.41 Å². The maximum Gasteiger partial charge on any atom is 0.308 e. The lowest BCUT2D eigenvalue weighted by molar-refractivity contribution is -0.161. The van der Waals surface area contributed by atoms with Gasteiger partial charge in [0.1, 0.15) is 12.7 Å². The van der Waals surface area contributed by atoms with Crippen molar-refractivity contribution in [2.45, 2.75) is 51.2 Å². The predicted octanol–water partition coefficient (Wildman–Crippen LogP) is 0.329. The number of nitrogens with one attached hydrogen (secondary N) is 1. The van der Waals surface area contributed by atoms with Gasteiger partial charge in [-0.1, -0.05) is 0 Å². The van der Waals surface area contributed by atoms with E-state index >= 15 is 0 Å². The normalized spacial score (nSPS) is 24.1. The molecule has 0 radical (unpaired) electrons. The highest BCUT2D eigenvalue weighted by Gasteiger charge is 2.54. The summed E-state index contributed by atoms with van der Waals surface area (Å²) in [5, 5.41) is 7.64. The first kappa shape index (κ1) is 22.2. The van der Waals surface area contributed by atoms with Crippen molar-refractivity contribution in [1.82, 2.24) is 9.55 Å². The Morgan fingerprint density at radius 2 is 1.87 bits per heavy atom. The molecule has 0 amide bonds. The van der Waals surface area contributed by atoms with E-state index in [-0.39, 0.29) is 44.2 Å². The van der Waals surface area contributed by atoms with E-state index in [9.17, 15) is 9.59 Å². The second kappa shape index (κ2) is 10.5. The summed E-state index contributed by atoms with van der Waals surface area (Å²) in [6.45, 7) is 5.12. The summed E-state index contributed by atoms with van der Waals surface area (Å²) in [4.78, 5) is 28.2. The molecule has 0 bridgehead atoms. The van der Waals surface area contributed by atoms with Crippen molar-refractivity contribution in [3.63, 3.8) is 0 Å². The minimum atomic E-state index is -0.806. The molecular formula is C19H27N3O8. The zero-order chi connectivity index (χ0) is 21.5. The first-order valence-electron chi connectivity index (χ1n) is 10.00. The van der Waals surface area contributed by atoms with Gasteiger partial charge < -0.3 is 28.4 Å². The molecule has 1 saturated heterocycles. The standard InChI is InChI=1S/C19H27N3O8/c1-3-25-9-6-14(23)27-11-12-16(29-15(24)7-10-26-4-2)17-18(28-12)22-8-5-13(20)21-19(22)30-17/h5,8,12,16-18,20H,3-4,6-7,9-11H2,1-2H3/t12-,16-,17-,18-/m1/s1. The largest absolute Gasteiger partial charge is 0.463 e. The Hall–Kier alpha value is -2.50. The first-order chi connectivity index (χ1) is 14.5. The van der Waals surface area contributed by atoms with E-state index < -0.39 is 36.5 Å². The molecule has 1 N–H and O–H groups in total. The Balaban J connectivity index is 1.65. The number of esters is 2. The smallest absolute Gasteiger partial charge is 0.308 e. The average molecular weight is 425 g/mol. The molecule has 2 aliphatic heterocycles. The average Bonchev–Trinajstić information content (AvgIpc) is 3.22. The van der Waals surface area contributed by atoms with Gasteiger partial charge in [-0.3, -0.25) is 19.6 Å². The van der Waals surface area contributed by atoms with E-state index in [1.807, 2.05) is 13.8 Å². The molecule has 11 nitrogen and oxygen atoms in total. The number of nitrogens with zero attached hydrogens (tertiary/aromatic N) is 2. The van der Waals surface area contributed by atoms with Crippen molar-refractivity contribution < 1.29 is 38.0 Å². The van der Waals surface area contributed by atoms with Crippen LogP contribution in [0.1, 0.15) is 32.9 Å². The Labute approximate surface area is 173 Å². The van der Waals surface area contributed by atoms with Crippen molar-refractivity contribution in [3.05, 3.63) is 17.8 Å². The van der Waals surface area contributed by atoms with Crippen LogP contribution in [0.3, 0.4) is 0 Å². The van der Waals surface area contributed by atoms with Gasteiger partial charge in [0, 0.05) is 19.4 Å². The van der Waals surface area contributed by atoms with Gasteiger partial charge in [0.15, 0.2) is 23.9 Å². The molecule has 0 unspecified atom stereocenters. The highest BCUT2D eigenvalue weighted by Crippen LogP contribution is 2.40. The zero-order valence-corrected chi connectivity index (χ0v) is 17.1. The Kier molecular flexibility index (Phi) is 7.77. The van der Waals surface area contributed by atoms with Crippen LogP contribution in [-0.2, 0) is 33.3 Å². The predicted molar refractivity (Wildman–Crippen MR) is 99.5 cm³/mol. The van der Waals surface area contributed by atoms with Gasteiger partial charge in [0.25, 0.3) is 0 Å². The highest BCUT2D eigenvalue weighted by molar-refractivity contribution is 5.70. The SMILES string of the molecule is CCOCCC(=O)OC[C@H]1O[C@@H]2[C@H](Oc3nc(=N)ccn32)[C@@H]1OC(=O)CCOCC. The molecule has 0 aromatic carbocycles. The lowest BCUT2D eigenvalue weighted by atomic mass is 10.1. The van der Waals surface area contributed by atoms with Crippen LogP contribution < -0.4 is 10.2 Å². The molecule has 30 heavy (non-hydrogen) atoms. The summed E-state index contributed by atoms with van der Waals surface area (Å²) < 4.78 is 34.6. The minimum absolute atomic E-state index is 0.0475. The summed E-state index contributed by atoms with van der Waals surface area (Å²) in [6.07, 6.45) is -0.954. The number of aromatic nitrogens is 2. The summed E-state index contributed by atoms with van der Waals surface area (Å²) >= 11 is 0. The van der Waals surface area contributed by atoms with Crippen molar-refractivity contribution in [2.75, 3.05) is 33.0 Å². The van der Waals surface area contributed by atoms with Crippen LogP contribution in [0.25, 0.3) is 0 Å². The van der Waals surface area contributed by atoms with Crippen molar-refractivity contribution in [3.8, 4) is 6.01 Å². The van der Waals surface area contributed by atoms with E-state index in [2.05, 4.69) is 4.98 Å². The molecule has 3 heterocycles. The fourth-order valence-electron chi connectivity index (χ4n) is 3.21. The van der Waals surface area contributed by atoms with Gasteiger partial charge in [-0.25, -0.2) is 0 Å². The topological polar surface area (TPSA) is 131 Å². The number of ether oxygens (including phenoxy) is 6. The summed E-state index contributed by atoms with van der Waals surface area (Å²) in [7, 11) is 0. The van der Waals surface area contributed by atoms with E-state index in [0.717, 1.165) is 0 Å². The summed E-state index contributed by atoms with van der Waals surface area (Å²) in [6, 6.07) is 1.71. The summed E-state index contributed by atoms with van der Waals surface area (Å²) in [5.74, 6) is -0.899. The van der Waals surface area contributed by atoms with Crippen LogP contribution >= 0.6 is 0 Å². The lowest BCUT2D eigenvalue weighted by Crippen LogP contribution is -2.40. The molecule has 3 rings (SSSR count). The fourth-order valence-corrected chi connectivity index (χ4v) is 3.21. The van der Waals surface area contributed by atoms with Crippen LogP contribution in [-0.4, -0.2) is 72.8 Å². The molecule has 2 aliphatic rings. The Morgan fingerprint density at radius 1 is 1.17 bits per heavy atom. The first-order valence-corrected chi connectivity index (χ1v) is 10.00. The number of rotatable bonds is 11. The van der Waals surface area contributed by atoms with Crippen LogP contribution in [0.2, 0.25) is 0 Å². The third-order valence-corrected chi connectivity index (χ3v) is 4.62. The third kappa shape index (κ3) is 5.35. The molecular weight excluding hydrogens is 398 g/mol. The summed E-state index contributed by atoms with van der Waals surface area (Å²) in [5.41, 5.74) is 0.0475. The van der Waals surface area contributed by atoms with Gasteiger partial charge in [-0.15, -0.1) is 0 Å². The molecule has 0 spiro atoms. The van der Waals surface area contributed by atoms with Gasteiger partial charge in [-0.2, -0.15) is 4.98 Å². The zero-order valence-electron chi connectivity index (χ0n) is 17.1. The molecule has 1 aromatic rings. The van der Waals surface area contributed by atoms with Crippen LogP contribution in [0, 0.1) is 5.41 Å². The molecule has 0 aliphatic carbocycles. The van der Waals surface area contributed by atoms with Gasteiger partial charge >= 0.3 is 17.9 Å². The van der Waals surface area contributed by atoms with Crippen LogP contribution in [0.4, 0.5) is 0 Å². The Bertz CT molecular complexity index is 798. The minimum Gasteiger partial charge on any atom is -0.463 e. The quantitative estimate of drug-likeness (QED) is 0.393. The lowest BCUT2D eigenvalue weighted by Gasteiger charge is -2.22. The number of fused-ring (bicyclic) bond motifs is 3. The van der Waals surface area contributed by atoms with Crippen molar-refractivity contribution >= 4 is 11.9 Å². The highest BCUT2D eigenvalue weighted by atomic mass is 16.7. The Morgan fingerprint density at radius 3 is 2.57 bits per heavy atom. The number of carbonyl (C=O) groups is 2. The maximum absolute atomic E-state index is 12.3. The van der Waals surface area contributed by atoms with E-state index in [0.29, 0.717) is 13.2 Å². The third-order valence-electron chi connectivity index (χ3n) is 4.62.